The topological polar surface area (TPSA) is 115 Å². The molecule has 0 aliphatic heterocycles. The Morgan fingerprint density at radius 2 is 1.87 bits per heavy atom. The molecule has 7 heteroatoms. The van der Waals surface area contributed by atoms with Crippen LogP contribution in [0.3, 0.4) is 0 Å². The molecule has 0 fully saturated rings. The Kier molecular flexibility index (Phi) is 3.40. The second-order valence-corrected chi connectivity index (χ2v) is 3.69. The monoisotopic (exact) mass is 232 g/mol. The van der Waals surface area contributed by atoms with Crippen molar-refractivity contribution < 1.29 is 30.0 Å². The van der Waals surface area contributed by atoms with Crippen LogP contribution in [-0.2, 0) is 4.79 Å². The molecule has 15 heavy (non-hydrogen) atoms. The average Bonchev–Trinajstić information content (AvgIpc) is 2.64. The number of carbonyl (C=O) groups is 2. The van der Waals surface area contributed by atoms with Crippen molar-refractivity contribution in [2.45, 2.75) is 12.2 Å². The first-order valence-corrected chi connectivity index (χ1v) is 4.72. The standard InChI is InChI=1S/C8H8O6S/c9-5(6(10)8(13)14)3-1-4(7(11)12)15-2-3/h1-2,5-6,9-10H,(H,11,12)(H,13,14). The van der Waals surface area contributed by atoms with Gasteiger partial charge in [0.1, 0.15) is 11.0 Å². The first-order chi connectivity index (χ1) is 6.93. The second-order valence-electron chi connectivity index (χ2n) is 2.78. The normalized spacial score (nSPS) is 14.5. The maximum Gasteiger partial charge on any atom is 0.345 e. The Labute approximate surface area is 88.0 Å². The number of rotatable bonds is 4. The second kappa shape index (κ2) is 4.39. The highest BCUT2D eigenvalue weighted by molar-refractivity contribution is 7.12. The SMILES string of the molecule is O=C(O)c1cc(C(O)C(O)C(=O)O)cs1. The van der Waals surface area contributed by atoms with Crippen LogP contribution in [0.15, 0.2) is 11.4 Å². The molecule has 2 atom stereocenters. The first kappa shape index (κ1) is 11.6. The molecule has 0 saturated carbocycles. The molecular formula is C8H8O6S. The summed E-state index contributed by atoms with van der Waals surface area (Å²) in [6.07, 6.45) is -3.58. The number of hydrogen-bond acceptors (Lipinski definition) is 5. The lowest BCUT2D eigenvalue weighted by molar-refractivity contribution is -0.153. The van der Waals surface area contributed by atoms with Crippen LogP contribution >= 0.6 is 11.3 Å². The van der Waals surface area contributed by atoms with Crippen molar-refractivity contribution in [3.63, 3.8) is 0 Å². The third-order valence-corrected chi connectivity index (χ3v) is 2.66. The molecule has 0 saturated heterocycles. The van der Waals surface area contributed by atoms with Crippen molar-refractivity contribution >= 4 is 23.3 Å². The van der Waals surface area contributed by atoms with Gasteiger partial charge in [-0.1, -0.05) is 0 Å². The van der Waals surface area contributed by atoms with Gasteiger partial charge in [0, 0.05) is 0 Å². The highest BCUT2D eigenvalue weighted by Crippen LogP contribution is 2.23. The fourth-order valence-electron chi connectivity index (χ4n) is 0.936. The maximum absolute atomic E-state index is 10.5. The van der Waals surface area contributed by atoms with E-state index in [1.807, 2.05) is 0 Å². The van der Waals surface area contributed by atoms with Gasteiger partial charge in [0.2, 0.25) is 0 Å². The van der Waals surface area contributed by atoms with Gasteiger partial charge in [-0.25, -0.2) is 9.59 Å². The number of aliphatic hydroxyl groups is 2. The minimum absolute atomic E-state index is 0.0263. The molecule has 0 radical (unpaired) electrons. The molecule has 1 rings (SSSR count). The van der Waals surface area contributed by atoms with Crippen LogP contribution in [0, 0.1) is 0 Å². The maximum atomic E-state index is 10.5. The number of hydrogen-bond donors (Lipinski definition) is 4. The van der Waals surface area contributed by atoms with Gasteiger partial charge >= 0.3 is 11.9 Å². The molecule has 4 N–H and O–H groups in total. The fraction of sp³-hybridized carbons (Fsp3) is 0.250. The van der Waals surface area contributed by atoms with Crippen LogP contribution in [0.25, 0.3) is 0 Å². The molecule has 0 amide bonds. The van der Waals surface area contributed by atoms with Crippen LogP contribution in [0.2, 0.25) is 0 Å². The van der Waals surface area contributed by atoms with E-state index in [-0.39, 0.29) is 10.4 Å². The summed E-state index contributed by atoms with van der Waals surface area (Å²) in [7, 11) is 0. The van der Waals surface area contributed by atoms with Crippen molar-refractivity contribution in [3.05, 3.63) is 21.9 Å². The molecule has 0 aliphatic carbocycles. The van der Waals surface area contributed by atoms with Crippen molar-refractivity contribution in [2.24, 2.45) is 0 Å². The van der Waals surface area contributed by atoms with Crippen LogP contribution in [0.4, 0.5) is 0 Å². The third-order valence-electron chi connectivity index (χ3n) is 1.72. The Balaban J connectivity index is 2.87. The molecular weight excluding hydrogens is 224 g/mol. The van der Waals surface area contributed by atoms with Crippen LogP contribution < -0.4 is 0 Å². The molecule has 0 bridgehead atoms. The van der Waals surface area contributed by atoms with Gasteiger partial charge in [-0.2, -0.15) is 0 Å². The van der Waals surface area contributed by atoms with E-state index in [1.165, 1.54) is 5.38 Å². The summed E-state index contributed by atoms with van der Waals surface area (Å²) in [5.74, 6) is -2.73. The molecule has 82 valence electrons. The number of aliphatic carboxylic acids is 1. The lowest BCUT2D eigenvalue weighted by atomic mass is 10.1. The molecule has 1 heterocycles. The van der Waals surface area contributed by atoms with E-state index in [4.69, 9.17) is 15.3 Å². The molecule has 1 aromatic heterocycles. The van der Waals surface area contributed by atoms with Crippen molar-refractivity contribution in [1.29, 1.82) is 0 Å². The summed E-state index contributed by atoms with van der Waals surface area (Å²) in [5, 5.41) is 36.6. The number of thiophene rings is 1. The molecule has 6 nitrogen and oxygen atoms in total. The lowest BCUT2D eigenvalue weighted by Gasteiger charge is -2.11. The summed E-state index contributed by atoms with van der Waals surface area (Å²) in [6, 6.07) is 1.13. The van der Waals surface area contributed by atoms with Crippen LogP contribution in [-0.4, -0.2) is 38.5 Å². The zero-order valence-corrected chi connectivity index (χ0v) is 8.14. The van der Waals surface area contributed by atoms with Gasteiger partial charge in [-0.3, -0.25) is 0 Å². The summed E-state index contributed by atoms with van der Waals surface area (Å²) >= 11 is 0.852. The summed E-state index contributed by atoms with van der Waals surface area (Å²) in [6.45, 7) is 0. The lowest BCUT2D eigenvalue weighted by Crippen LogP contribution is -2.27. The van der Waals surface area contributed by atoms with Gasteiger partial charge in [0.15, 0.2) is 6.10 Å². The molecule has 2 unspecified atom stereocenters. The number of carboxylic acid groups (broad SMARTS) is 2. The minimum atomic E-state index is -1.96. The fourth-order valence-corrected chi connectivity index (χ4v) is 1.71. The van der Waals surface area contributed by atoms with Gasteiger partial charge < -0.3 is 20.4 Å². The van der Waals surface area contributed by atoms with Crippen molar-refractivity contribution in [1.82, 2.24) is 0 Å². The Morgan fingerprint density at radius 1 is 1.27 bits per heavy atom. The third kappa shape index (κ3) is 2.52. The van der Waals surface area contributed by atoms with Crippen molar-refractivity contribution in [2.75, 3.05) is 0 Å². The van der Waals surface area contributed by atoms with Gasteiger partial charge in [0.25, 0.3) is 0 Å². The Hall–Kier alpha value is -1.44. The summed E-state index contributed by atoms with van der Waals surface area (Å²) < 4.78 is 0. The first-order valence-electron chi connectivity index (χ1n) is 3.84. The zero-order chi connectivity index (χ0) is 11.6. The van der Waals surface area contributed by atoms with Crippen LogP contribution in [0.1, 0.15) is 21.3 Å². The van der Waals surface area contributed by atoms with E-state index < -0.39 is 24.1 Å². The largest absolute Gasteiger partial charge is 0.479 e. The number of aliphatic hydroxyl groups excluding tert-OH is 2. The predicted molar refractivity (Wildman–Crippen MR) is 49.9 cm³/mol. The van der Waals surface area contributed by atoms with Crippen molar-refractivity contribution in [3.8, 4) is 0 Å². The van der Waals surface area contributed by atoms with E-state index in [1.54, 1.807) is 0 Å². The van der Waals surface area contributed by atoms with E-state index in [0.29, 0.717) is 0 Å². The summed E-state index contributed by atoms with van der Waals surface area (Å²) in [4.78, 5) is 20.8. The smallest absolute Gasteiger partial charge is 0.345 e. The Bertz CT molecular complexity index is 384. The molecule has 0 aliphatic rings. The van der Waals surface area contributed by atoms with E-state index in [2.05, 4.69) is 0 Å². The predicted octanol–water partition coefficient (Wildman–Crippen LogP) is -0.0748. The number of carboxylic acids is 2. The van der Waals surface area contributed by atoms with E-state index >= 15 is 0 Å². The molecule has 0 spiro atoms. The highest BCUT2D eigenvalue weighted by Gasteiger charge is 2.26. The quantitative estimate of drug-likeness (QED) is 0.577. The van der Waals surface area contributed by atoms with E-state index in [0.717, 1.165) is 17.4 Å². The average molecular weight is 232 g/mol. The minimum Gasteiger partial charge on any atom is -0.479 e. The summed E-state index contributed by atoms with van der Waals surface area (Å²) in [5.41, 5.74) is 0.0762. The molecule has 1 aromatic rings. The van der Waals surface area contributed by atoms with E-state index in [9.17, 15) is 14.7 Å². The molecule has 0 aromatic carbocycles. The van der Waals surface area contributed by atoms with Gasteiger partial charge in [-0.15, -0.1) is 11.3 Å². The highest BCUT2D eigenvalue weighted by atomic mass is 32.1. The Morgan fingerprint density at radius 3 is 2.27 bits per heavy atom. The van der Waals surface area contributed by atoms with Gasteiger partial charge in [-0.05, 0) is 17.0 Å². The van der Waals surface area contributed by atoms with Crippen LogP contribution in [0.5, 0.6) is 0 Å². The number of aromatic carboxylic acids is 1. The van der Waals surface area contributed by atoms with Gasteiger partial charge in [0.05, 0.1) is 0 Å². The zero-order valence-electron chi connectivity index (χ0n) is 7.32.